The number of aromatic nitrogens is 2. The van der Waals surface area contributed by atoms with Crippen LogP contribution in [0.4, 0.5) is 0 Å². The Morgan fingerprint density at radius 1 is 1.36 bits per heavy atom. The molecule has 1 fully saturated rings. The number of rotatable bonds is 4. The van der Waals surface area contributed by atoms with Gasteiger partial charge in [0.15, 0.2) is 11.4 Å². The molecule has 1 aromatic carbocycles. The molecule has 8 nitrogen and oxygen atoms in total. The summed E-state index contributed by atoms with van der Waals surface area (Å²) in [5, 5.41) is 20.4. The number of ketones is 1. The van der Waals surface area contributed by atoms with Crippen LogP contribution in [-0.4, -0.2) is 43.9 Å². The average molecular weight is 346 g/mol. The Bertz CT molecular complexity index is 903. The van der Waals surface area contributed by atoms with Crippen molar-refractivity contribution in [1.29, 1.82) is 0 Å². The number of nitrogens with zero attached hydrogens (tertiary/aromatic N) is 1. The fourth-order valence-electron chi connectivity index (χ4n) is 2.98. The summed E-state index contributed by atoms with van der Waals surface area (Å²) in [6.45, 7) is 0.928. The predicted octanol–water partition coefficient (Wildman–Crippen LogP) is -0.261. The third-order valence-corrected chi connectivity index (χ3v) is 4.39. The maximum atomic E-state index is 12.7. The first-order valence-corrected chi connectivity index (χ1v) is 7.77. The van der Waals surface area contributed by atoms with Gasteiger partial charge in [-0.05, 0) is 6.92 Å². The van der Waals surface area contributed by atoms with E-state index in [4.69, 9.17) is 4.74 Å². The van der Waals surface area contributed by atoms with E-state index in [1.165, 1.54) is 13.1 Å². The van der Waals surface area contributed by atoms with E-state index in [9.17, 15) is 24.6 Å². The largest absolute Gasteiger partial charge is 0.394 e. The van der Waals surface area contributed by atoms with Crippen molar-refractivity contribution in [2.75, 3.05) is 6.61 Å². The summed E-state index contributed by atoms with van der Waals surface area (Å²) >= 11 is 0. The maximum Gasteiger partial charge on any atom is 0.330 e. The van der Waals surface area contributed by atoms with Crippen LogP contribution in [0.15, 0.2) is 46.1 Å². The molecule has 3 N–H and O–H groups in total. The van der Waals surface area contributed by atoms with Crippen molar-refractivity contribution in [3.63, 3.8) is 0 Å². The topological polar surface area (TPSA) is 122 Å². The smallest absolute Gasteiger partial charge is 0.330 e. The molecule has 3 atom stereocenters. The second kappa shape index (κ2) is 6.40. The van der Waals surface area contributed by atoms with Crippen LogP contribution < -0.4 is 11.2 Å². The number of hydrogen-bond donors (Lipinski definition) is 3. The number of aryl methyl sites for hydroxylation is 1. The molecule has 132 valence electrons. The number of aromatic amines is 1. The van der Waals surface area contributed by atoms with Crippen molar-refractivity contribution in [2.45, 2.75) is 31.3 Å². The summed E-state index contributed by atoms with van der Waals surface area (Å²) in [4.78, 5) is 38.4. The van der Waals surface area contributed by atoms with Crippen molar-refractivity contribution in [3.8, 4) is 0 Å². The van der Waals surface area contributed by atoms with Gasteiger partial charge in [-0.3, -0.25) is 19.1 Å². The normalized spacial score (nSPS) is 25.9. The summed E-state index contributed by atoms with van der Waals surface area (Å²) in [7, 11) is 0. The lowest BCUT2D eigenvalue weighted by atomic mass is 9.86. The fourth-order valence-corrected chi connectivity index (χ4v) is 2.98. The number of ether oxygens (including phenoxy) is 1. The number of aliphatic hydroxyl groups is 2. The summed E-state index contributed by atoms with van der Waals surface area (Å²) in [6.07, 6.45) is -1.10. The van der Waals surface area contributed by atoms with E-state index in [1.807, 2.05) is 0 Å². The van der Waals surface area contributed by atoms with Gasteiger partial charge in [-0.15, -0.1) is 0 Å². The number of carbonyl (C=O) groups is 1. The second-order valence-electron chi connectivity index (χ2n) is 6.06. The van der Waals surface area contributed by atoms with E-state index < -0.39 is 41.6 Å². The van der Waals surface area contributed by atoms with Crippen LogP contribution in [0.5, 0.6) is 0 Å². The Kier molecular flexibility index (Phi) is 4.42. The van der Waals surface area contributed by atoms with Crippen LogP contribution in [0.2, 0.25) is 0 Å². The van der Waals surface area contributed by atoms with Gasteiger partial charge in [0.05, 0.1) is 6.61 Å². The van der Waals surface area contributed by atoms with Gasteiger partial charge in [-0.1, -0.05) is 30.3 Å². The van der Waals surface area contributed by atoms with Gasteiger partial charge in [-0.2, -0.15) is 0 Å². The predicted molar refractivity (Wildman–Crippen MR) is 87.4 cm³/mol. The molecule has 1 aromatic heterocycles. The van der Waals surface area contributed by atoms with Crippen molar-refractivity contribution in [2.24, 2.45) is 0 Å². The maximum absolute atomic E-state index is 12.7. The molecule has 0 saturated carbocycles. The van der Waals surface area contributed by atoms with Crippen LogP contribution in [0.3, 0.4) is 0 Å². The molecule has 0 spiro atoms. The van der Waals surface area contributed by atoms with E-state index in [1.54, 1.807) is 30.3 Å². The quantitative estimate of drug-likeness (QED) is 0.656. The van der Waals surface area contributed by atoms with Gasteiger partial charge in [0.25, 0.3) is 5.56 Å². The molecule has 2 heterocycles. The number of carbonyl (C=O) groups excluding carboxylic acids is 1. The molecule has 2 aromatic rings. The van der Waals surface area contributed by atoms with Gasteiger partial charge in [0.2, 0.25) is 0 Å². The number of H-pyrrole nitrogens is 1. The van der Waals surface area contributed by atoms with E-state index >= 15 is 0 Å². The molecule has 0 unspecified atom stereocenters. The van der Waals surface area contributed by atoms with E-state index in [0.29, 0.717) is 0 Å². The minimum atomic E-state index is -1.98. The molecule has 1 aliphatic heterocycles. The molecule has 8 heteroatoms. The zero-order valence-electron chi connectivity index (χ0n) is 13.5. The van der Waals surface area contributed by atoms with Gasteiger partial charge in [-0.25, -0.2) is 4.79 Å². The molecular formula is C17H18N2O6. The van der Waals surface area contributed by atoms with Crippen LogP contribution in [-0.2, 0) is 4.74 Å². The van der Waals surface area contributed by atoms with E-state index in [2.05, 4.69) is 4.98 Å². The van der Waals surface area contributed by atoms with Crippen LogP contribution in [0.1, 0.15) is 28.6 Å². The number of Topliss-reactive ketones (excluding diaryl/α,β-unsaturated/α-hetero) is 1. The molecular weight excluding hydrogens is 328 g/mol. The summed E-state index contributed by atoms with van der Waals surface area (Å²) in [5.74, 6) is -0.594. The lowest BCUT2D eigenvalue weighted by Gasteiger charge is -2.25. The lowest BCUT2D eigenvalue weighted by molar-refractivity contribution is -0.0690. The molecule has 1 saturated heterocycles. The molecule has 1 aliphatic rings. The first kappa shape index (κ1) is 17.3. The number of hydrogen-bond acceptors (Lipinski definition) is 6. The van der Waals surface area contributed by atoms with Crippen molar-refractivity contribution >= 4 is 5.78 Å². The molecule has 0 aliphatic carbocycles. The van der Waals surface area contributed by atoms with Gasteiger partial charge in [0, 0.05) is 23.7 Å². The number of nitrogens with one attached hydrogen (secondary N) is 1. The summed E-state index contributed by atoms with van der Waals surface area (Å²) < 4.78 is 6.66. The lowest BCUT2D eigenvalue weighted by Crippen LogP contribution is -2.47. The first-order valence-electron chi connectivity index (χ1n) is 7.77. The highest BCUT2D eigenvalue weighted by Gasteiger charge is 2.53. The minimum Gasteiger partial charge on any atom is -0.394 e. The standard InChI is InChI=1S/C17H18N2O6/c1-10-8-19(16(23)18-15(10)22)13-7-17(24,12(9-20)25-13)14(21)11-5-3-2-4-6-11/h2-6,8,12-13,20,24H,7,9H2,1H3,(H,18,22,23)/t12-,13-,17+/m1/s1. The summed E-state index contributed by atoms with van der Waals surface area (Å²) in [6, 6.07) is 8.17. The number of aliphatic hydroxyl groups excluding tert-OH is 1. The van der Waals surface area contributed by atoms with Gasteiger partial charge >= 0.3 is 5.69 Å². The van der Waals surface area contributed by atoms with Crippen LogP contribution >= 0.6 is 0 Å². The Hall–Kier alpha value is -2.55. The highest BCUT2D eigenvalue weighted by atomic mass is 16.5. The Morgan fingerprint density at radius 3 is 2.68 bits per heavy atom. The minimum absolute atomic E-state index is 0.225. The molecule has 0 radical (unpaired) electrons. The highest BCUT2D eigenvalue weighted by Crippen LogP contribution is 2.38. The van der Waals surface area contributed by atoms with Crippen molar-refractivity contribution in [3.05, 3.63) is 68.5 Å². The van der Waals surface area contributed by atoms with Crippen molar-refractivity contribution in [1.82, 2.24) is 9.55 Å². The molecule has 0 bridgehead atoms. The monoisotopic (exact) mass is 346 g/mol. The zero-order chi connectivity index (χ0) is 18.2. The second-order valence-corrected chi connectivity index (χ2v) is 6.06. The Morgan fingerprint density at radius 2 is 2.04 bits per heavy atom. The Labute approximate surface area is 142 Å². The SMILES string of the molecule is Cc1cn([C@H]2C[C@@](O)(C(=O)c3ccccc3)[C@@H](CO)O2)c(=O)[nH]c1=O. The summed E-state index contributed by atoms with van der Waals surface area (Å²) in [5.41, 5.74) is -2.65. The average Bonchev–Trinajstić information content (AvgIpc) is 2.96. The molecule has 0 amide bonds. The van der Waals surface area contributed by atoms with Gasteiger partial charge in [0.1, 0.15) is 12.3 Å². The van der Waals surface area contributed by atoms with E-state index in [-0.39, 0.29) is 17.5 Å². The van der Waals surface area contributed by atoms with Gasteiger partial charge < -0.3 is 14.9 Å². The Balaban J connectivity index is 1.98. The highest BCUT2D eigenvalue weighted by molar-refractivity contribution is 6.03. The van der Waals surface area contributed by atoms with E-state index in [0.717, 1.165) is 4.57 Å². The zero-order valence-corrected chi connectivity index (χ0v) is 13.5. The van der Waals surface area contributed by atoms with Crippen molar-refractivity contribution < 1.29 is 19.7 Å². The third kappa shape index (κ3) is 2.95. The molecule has 25 heavy (non-hydrogen) atoms. The molecule has 3 rings (SSSR count). The fraction of sp³-hybridized carbons (Fsp3) is 0.353. The van der Waals surface area contributed by atoms with Crippen LogP contribution in [0.25, 0.3) is 0 Å². The van der Waals surface area contributed by atoms with Crippen LogP contribution in [0, 0.1) is 6.92 Å². The number of benzene rings is 1. The first-order chi connectivity index (χ1) is 11.9. The third-order valence-electron chi connectivity index (χ3n) is 4.39.